The number of para-hydroxylation sites is 1. The van der Waals surface area contributed by atoms with Gasteiger partial charge < -0.3 is 14.7 Å². The molecule has 1 N–H and O–H groups in total. The van der Waals surface area contributed by atoms with Crippen molar-refractivity contribution in [1.29, 1.82) is 0 Å². The van der Waals surface area contributed by atoms with E-state index in [1.54, 1.807) is 38.2 Å². The van der Waals surface area contributed by atoms with Crippen molar-refractivity contribution in [2.24, 2.45) is 7.05 Å². The Balaban J connectivity index is 1.81. The fourth-order valence-electron chi connectivity index (χ4n) is 3.87. The van der Waals surface area contributed by atoms with Crippen molar-refractivity contribution in [3.8, 4) is 23.6 Å². The van der Waals surface area contributed by atoms with Crippen LogP contribution in [0.4, 0.5) is 5.95 Å². The highest BCUT2D eigenvalue weighted by atomic mass is 16.5. The SMILES string of the molecule is CC#CCn1c(N2CCCCC2)nc2nc(Oc3ccccc3CC(=O)O)n(C)c(=O)c21. The van der Waals surface area contributed by atoms with Gasteiger partial charge in [0.05, 0.1) is 13.0 Å². The molecule has 9 heteroatoms. The first kappa shape index (κ1) is 21.4. The van der Waals surface area contributed by atoms with E-state index in [-0.39, 0.29) is 23.6 Å². The summed E-state index contributed by atoms with van der Waals surface area (Å²) in [5, 5.41) is 9.17. The maximum Gasteiger partial charge on any atom is 0.307 e. The lowest BCUT2D eigenvalue weighted by molar-refractivity contribution is -0.136. The van der Waals surface area contributed by atoms with E-state index in [4.69, 9.17) is 4.74 Å². The summed E-state index contributed by atoms with van der Waals surface area (Å²) in [6.07, 6.45) is 3.13. The molecule has 166 valence electrons. The van der Waals surface area contributed by atoms with Gasteiger partial charge in [-0.1, -0.05) is 24.1 Å². The standard InChI is InChI=1S/C23H25N5O4/c1-3-4-14-28-19-20(24-22(28)27-12-8-5-9-13-27)25-23(26(2)21(19)31)32-17-11-7-6-10-16(17)15-18(29)30/h6-7,10-11H,5,8-9,12-15H2,1-2H3,(H,29,30). The number of imidazole rings is 1. The van der Waals surface area contributed by atoms with Crippen molar-refractivity contribution < 1.29 is 14.6 Å². The molecule has 0 amide bonds. The number of hydrogen-bond donors (Lipinski definition) is 1. The van der Waals surface area contributed by atoms with Crippen molar-refractivity contribution in [1.82, 2.24) is 19.1 Å². The highest BCUT2D eigenvalue weighted by Gasteiger charge is 2.24. The Labute approximate surface area is 185 Å². The van der Waals surface area contributed by atoms with Crippen LogP contribution in [0.5, 0.6) is 11.8 Å². The average Bonchev–Trinajstić information content (AvgIpc) is 3.15. The molecule has 0 bridgehead atoms. The predicted molar refractivity (Wildman–Crippen MR) is 120 cm³/mol. The van der Waals surface area contributed by atoms with Crippen LogP contribution in [-0.4, -0.2) is 43.3 Å². The van der Waals surface area contributed by atoms with Crippen molar-refractivity contribution in [2.45, 2.75) is 39.2 Å². The Morgan fingerprint density at radius 1 is 1.19 bits per heavy atom. The number of aromatic nitrogens is 4. The van der Waals surface area contributed by atoms with Gasteiger partial charge in [0.1, 0.15) is 5.75 Å². The number of nitrogens with zero attached hydrogens (tertiary/aromatic N) is 5. The van der Waals surface area contributed by atoms with E-state index in [1.165, 1.54) is 11.0 Å². The number of hydrogen-bond acceptors (Lipinski definition) is 6. The largest absolute Gasteiger partial charge is 0.481 e. The lowest BCUT2D eigenvalue weighted by Gasteiger charge is -2.27. The summed E-state index contributed by atoms with van der Waals surface area (Å²) in [5.41, 5.74) is 0.862. The molecule has 4 rings (SSSR count). The minimum absolute atomic E-state index is 0.0526. The first-order valence-electron chi connectivity index (χ1n) is 10.6. The molecule has 0 atom stereocenters. The minimum atomic E-state index is -0.972. The zero-order valence-electron chi connectivity index (χ0n) is 18.2. The van der Waals surface area contributed by atoms with Gasteiger partial charge in [0, 0.05) is 25.7 Å². The first-order valence-corrected chi connectivity index (χ1v) is 10.6. The summed E-state index contributed by atoms with van der Waals surface area (Å²) in [4.78, 5) is 35.9. The number of carboxylic acid groups (broad SMARTS) is 1. The number of fused-ring (bicyclic) bond motifs is 1. The molecule has 32 heavy (non-hydrogen) atoms. The second-order valence-electron chi connectivity index (χ2n) is 7.68. The zero-order chi connectivity index (χ0) is 22.7. The molecule has 1 aliphatic heterocycles. The van der Waals surface area contributed by atoms with Crippen LogP contribution < -0.4 is 15.2 Å². The molecule has 1 fully saturated rings. The highest BCUT2D eigenvalue weighted by molar-refractivity contribution is 5.75. The van der Waals surface area contributed by atoms with E-state index < -0.39 is 5.97 Å². The smallest absolute Gasteiger partial charge is 0.307 e. The number of benzene rings is 1. The van der Waals surface area contributed by atoms with Crippen LogP contribution in [0.25, 0.3) is 11.2 Å². The summed E-state index contributed by atoms with van der Waals surface area (Å²) in [5.74, 6) is 5.97. The van der Waals surface area contributed by atoms with Gasteiger partial charge in [-0.05, 0) is 32.3 Å². The van der Waals surface area contributed by atoms with Crippen LogP contribution in [0.2, 0.25) is 0 Å². The first-order chi connectivity index (χ1) is 15.5. The summed E-state index contributed by atoms with van der Waals surface area (Å²) < 4.78 is 9.05. The number of rotatable bonds is 6. The summed E-state index contributed by atoms with van der Waals surface area (Å²) >= 11 is 0. The molecule has 1 aromatic carbocycles. The molecule has 3 aromatic rings. The van der Waals surface area contributed by atoms with Crippen LogP contribution >= 0.6 is 0 Å². The van der Waals surface area contributed by atoms with E-state index in [1.807, 2.05) is 4.57 Å². The fourth-order valence-corrected chi connectivity index (χ4v) is 3.87. The molecule has 2 aromatic heterocycles. The molecule has 1 saturated heterocycles. The van der Waals surface area contributed by atoms with E-state index in [9.17, 15) is 14.7 Å². The van der Waals surface area contributed by atoms with Gasteiger partial charge >= 0.3 is 12.0 Å². The number of anilines is 1. The minimum Gasteiger partial charge on any atom is -0.481 e. The second-order valence-corrected chi connectivity index (χ2v) is 7.68. The highest BCUT2D eigenvalue weighted by Crippen LogP contribution is 2.27. The molecule has 0 radical (unpaired) electrons. The Morgan fingerprint density at radius 3 is 2.66 bits per heavy atom. The number of piperidine rings is 1. The third-order valence-electron chi connectivity index (χ3n) is 5.49. The van der Waals surface area contributed by atoms with Crippen LogP contribution in [-0.2, 0) is 24.8 Å². The third kappa shape index (κ3) is 4.17. The molecular weight excluding hydrogens is 410 g/mol. The van der Waals surface area contributed by atoms with E-state index in [2.05, 4.69) is 26.7 Å². The van der Waals surface area contributed by atoms with Gasteiger partial charge in [-0.25, -0.2) is 0 Å². The number of carboxylic acids is 1. The monoisotopic (exact) mass is 435 g/mol. The lowest BCUT2D eigenvalue weighted by atomic mass is 10.1. The topological polar surface area (TPSA) is 102 Å². The molecule has 1 aliphatic rings. The maximum atomic E-state index is 13.3. The number of aliphatic carboxylic acids is 1. The Kier molecular flexibility index (Phi) is 6.12. The molecule has 3 heterocycles. The van der Waals surface area contributed by atoms with Crippen molar-refractivity contribution in [3.05, 3.63) is 40.2 Å². The Bertz CT molecular complexity index is 1280. The molecule has 0 spiro atoms. The van der Waals surface area contributed by atoms with Gasteiger partial charge in [0.25, 0.3) is 5.56 Å². The van der Waals surface area contributed by atoms with E-state index in [0.717, 1.165) is 25.9 Å². The number of ether oxygens (including phenoxy) is 1. The quantitative estimate of drug-likeness (QED) is 0.594. The van der Waals surface area contributed by atoms with Crippen molar-refractivity contribution >= 4 is 23.1 Å². The van der Waals surface area contributed by atoms with Crippen molar-refractivity contribution in [3.63, 3.8) is 0 Å². The lowest BCUT2D eigenvalue weighted by Crippen LogP contribution is -2.32. The van der Waals surface area contributed by atoms with E-state index in [0.29, 0.717) is 29.3 Å². The molecule has 0 aliphatic carbocycles. The normalized spacial score (nSPS) is 13.6. The molecule has 0 unspecified atom stereocenters. The fraction of sp³-hybridized carbons (Fsp3) is 0.391. The second kappa shape index (κ2) is 9.14. The maximum absolute atomic E-state index is 13.3. The van der Waals surface area contributed by atoms with Crippen LogP contribution in [0.1, 0.15) is 31.7 Å². The molecule has 0 saturated carbocycles. The number of carbonyl (C=O) groups is 1. The third-order valence-corrected chi connectivity index (χ3v) is 5.49. The van der Waals surface area contributed by atoms with Crippen LogP contribution in [0.3, 0.4) is 0 Å². The van der Waals surface area contributed by atoms with Gasteiger partial charge in [-0.15, -0.1) is 5.92 Å². The van der Waals surface area contributed by atoms with Gasteiger partial charge in [-0.2, -0.15) is 9.97 Å². The molecule has 9 nitrogen and oxygen atoms in total. The van der Waals surface area contributed by atoms with Crippen LogP contribution in [0, 0.1) is 11.8 Å². The summed E-state index contributed by atoms with van der Waals surface area (Å²) in [6.45, 7) is 3.85. The predicted octanol–water partition coefficient (Wildman–Crippen LogP) is 2.56. The van der Waals surface area contributed by atoms with Crippen molar-refractivity contribution in [2.75, 3.05) is 18.0 Å². The molecular formula is C23H25N5O4. The Morgan fingerprint density at radius 2 is 1.94 bits per heavy atom. The van der Waals surface area contributed by atoms with Gasteiger partial charge in [0.2, 0.25) is 5.95 Å². The summed E-state index contributed by atoms with van der Waals surface area (Å²) in [7, 11) is 1.58. The van der Waals surface area contributed by atoms with Gasteiger partial charge in [-0.3, -0.25) is 18.7 Å². The average molecular weight is 435 g/mol. The van der Waals surface area contributed by atoms with E-state index >= 15 is 0 Å². The van der Waals surface area contributed by atoms with Gasteiger partial charge in [0.15, 0.2) is 11.2 Å². The van der Waals surface area contributed by atoms with Crippen LogP contribution in [0.15, 0.2) is 29.1 Å². The zero-order valence-corrected chi connectivity index (χ0v) is 18.2. The summed E-state index contributed by atoms with van der Waals surface area (Å²) in [6, 6.07) is 6.86. The Hall–Kier alpha value is -3.80.